The molecule has 3 rings (SSSR count). The van der Waals surface area contributed by atoms with Crippen LogP contribution in [-0.4, -0.2) is 33.1 Å². The number of H-pyrrole nitrogens is 1. The minimum absolute atomic E-state index is 0.0690. The van der Waals surface area contributed by atoms with Gasteiger partial charge >= 0.3 is 5.69 Å². The number of aryl methyl sites for hydroxylation is 2. The van der Waals surface area contributed by atoms with Crippen molar-refractivity contribution >= 4 is 24.1 Å². The topological polar surface area (TPSA) is 108 Å². The minimum atomic E-state index is -0.501. The second-order valence-electron chi connectivity index (χ2n) is 6.80. The molecule has 0 radical (unpaired) electrons. The molecule has 9 nitrogen and oxygen atoms in total. The molecule has 3 aromatic rings. The zero-order valence-corrected chi connectivity index (χ0v) is 18.3. The lowest BCUT2D eigenvalue weighted by atomic mass is 10.1. The third-order valence-electron chi connectivity index (χ3n) is 4.62. The Kier molecular flexibility index (Phi) is 7.14. The Hall–Kier alpha value is -3.53. The predicted molar refractivity (Wildman–Crippen MR) is 120 cm³/mol. The number of hydrogen-bond donors (Lipinski definition) is 1. The molecule has 1 N–H and O–H groups in total. The van der Waals surface area contributed by atoms with Crippen LogP contribution in [0.2, 0.25) is 0 Å². The lowest BCUT2D eigenvalue weighted by Crippen LogP contribution is -2.04. The van der Waals surface area contributed by atoms with Gasteiger partial charge in [0.1, 0.15) is 6.61 Å². The largest absolute Gasteiger partial charge is 0.493 e. The van der Waals surface area contributed by atoms with Crippen LogP contribution < -0.4 is 9.47 Å². The van der Waals surface area contributed by atoms with Gasteiger partial charge in [0.25, 0.3) is 0 Å². The van der Waals surface area contributed by atoms with Gasteiger partial charge in [-0.2, -0.15) is 14.9 Å². The number of benzene rings is 2. The number of nitrogens with zero attached hydrogens (tertiary/aromatic N) is 4. The van der Waals surface area contributed by atoms with Crippen LogP contribution >= 0.6 is 12.2 Å². The quantitative estimate of drug-likeness (QED) is 0.225. The van der Waals surface area contributed by atoms with Crippen LogP contribution in [-0.2, 0) is 13.0 Å². The van der Waals surface area contributed by atoms with E-state index in [9.17, 15) is 10.1 Å². The van der Waals surface area contributed by atoms with Crippen LogP contribution in [0, 0.1) is 21.8 Å². The highest BCUT2D eigenvalue weighted by molar-refractivity contribution is 7.71. The molecule has 0 atom stereocenters. The maximum absolute atomic E-state index is 11.7. The maximum atomic E-state index is 11.7. The summed E-state index contributed by atoms with van der Waals surface area (Å²) < 4.78 is 13.0. The molecular weight excluding hydrogens is 418 g/mol. The number of nitro benzene ring substituents is 1. The molecule has 2 aromatic carbocycles. The molecule has 0 aliphatic carbocycles. The van der Waals surface area contributed by atoms with Crippen LogP contribution in [0.15, 0.2) is 41.5 Å². The Bertz CT molecular complexity index is 1170. The van der Waals surface area contributed by atoms with Gasteiger partial charge in [-0.05, 0) is 42.8 Å². The predicted octanol–water partition coefficient (Wildman–Crippen LogP) is 4.58. The zero-order chi connectivity index (χ0) is 22.4. The fraction of sp³-hybridized carbons (Fsp3) is 0.286. The van der Waals surface area contributed by atoms with Gasteiger partial charge in [0.2, 0.25) is 10.5 Å². The van der Waals surface area contributed by atoms with Crippen molar-refractivity contribution in [2.75, 3.05) is 7.11 Å². The van der Waals surface area contributed by atoms with E-state index in [1.807, 2.05) is 38.1 Å². The van der Waals surface area contributed by atoms with E-state index < -0.39 is 4.92 Å². The first kappa shape index (κ1) is 22.2. The second kappa shape index (κ2) is 9.98. The van der Waals surface area contributed by atoms with Crippen molar-refractivity contribution in [1.29, 1.82) is 0 Å². The molecule has 162 valence electrons. The highest BCUT2D eigenvalue weighted by Gasteiger charge is 2.22. The Labute approximate surface area is 184 Å². The molecule has 0 bridgehead atoms. The summed E-state index contributed by atoms with van der Waals surface area (Å²) in [6.07, 6.45) is 3.05. The normalized spacial score (nSPS) is 11.1. The van der Waals surface area contributed by atoms with E-state index in [1.54, 1.807) is 6.07 Å². The molecule has 1 aromatic heterocycles. The van der Waals surface area contributed by atoms with Crippen molar-refractivity contribution in [2.24, 2.45) is 5.10 Å². The number of aromatic nitrogens is 3. The van der Waals surface area contributed by atoms with Gasteiger partial charge in [0, 0.05) is 18.1 Å². The van der Waals surface area contributed by atoms with Crippen molar-refractivity contribution < 1.29 is 14.4 Å². The van der Waals surface area contributed by atoms with Crippen molar-refractivity contribution in [3.8, 4) is 11.5 Å². The number of nitrogens with one attached hydrogen (secondary N) is 1. The first-order valence-corrected chi connectivity index (χ1v) is 10.1. The molecule has 0 spiro atoms. The van der Waals surface area contributed by atoms with Crippen LogP contribution in [0.1, 0.15) is 35.9 Å². The molecule has 0 fully saturated rings. The summed E-state index contributed by atoms with van der Waals surface area (Å²) in [5.41, 5.74) is 2.23. The Morgan fingerprint density at radius 3 is 2.81 bits per heavy atom. The fourth-order valence-corrected chi connectivity index (χ4v) is 3.19. The summed E-state index contributed by atoms with van der Waals surface area (Å²) in [6, 6.07) is 10.7. The number of rotatable bonds is 9. The highest BCUT2D eigenvalue weighted by atomic mass is 32.1. The minimum Gasteiger partial charge on any atom is -0.493 e. The van der Waals surface area contributed by atoms with E-state index in [0.29, 0.717) is 22.6 Å². The van der Waals surface area contributed by atoms with Crippen molar-refractivity contribution in [3.63, 3.8) is 0 Å². The van der Waals surface area contributed by atoms with Gasteiger partial charge in [-0.25, -0.2) is 0 Å². The summed E-state index contributed by atoms with van der Waals surface area (Å²) in [5, 5.41) is 22.9. The van der Waals surface area contributed by atoms with Gasteiger partial charge in [-0.15, -0.1) is 0 Å². The monoisotopic (exact) mass is 441 g/mol. The lowest BCUT2D eigenvalue weighted by molar-refractivity contribution is -0.386. The summed E-state index contributed by atoms with van der Waals surface area (Å²) >= 11 is 5.21. The smallest absolute Gasteiger partial charge is 0.315 e. The summed E-state index contributed by atoms with van der Waals surface area (Å²) in [5.74, 6) is 0.997. The van der Waals surface area contributed by atoms with Gasteiger partial charge in [0.05, 0.1) is 18.2 Å². The number of ether oxygens (including phenoxy) is 2. The fourth-order valence-electron chi connectivity index (χ4n) is 2.99. The number of hydrogen-bond acceptors (Lipinski definition) is 7. The first-order chi connectivity index (χ1) is 14.9. The Morgan fingerprint density at radius 2 is 2.13 bits per heavy atom. The third-order valence-corrected chi connectivity index (χ3v) is 4.89. The van der Waals surface area contributed by atoms with Crippen molar-refractivity contribution in [3.05, 3.63) is 73.8 Å². The van der Waals surface area contributed by atoms with E-state index in [0.717, 1.165) is 17.5 Å². The molecule has 0 aliphatic heterocycles. The van der Waals surface area contributed by atoms with Crippen LogP contribution in [0.3, 0.4) is 0 Å². The van der Waals surface area contributed by atoms with E-state index in [4.69, 9.17) is 21.7 Å². The number of nitro groups is 1. The molecule has 1 heterocycles. The summed E-state index contributed by atoms with van der Waals surface area (Å²) in [7, 11) is 1.44. The van der Waals surface area contributed by atoms with Gasteiger partial charge in [-0.1, -0.05) is 31.2 Å². The number of methoxy groups -OCH3 is 1. The molecule has 0 unspecified atom stereocenters. The average Bonchev–Trinajstić information content (AvgIpc) is 3.10. The van der Waals surface area contributed by atoms with E-state index in [-0.39, 0.29) is 23.8 Å². The molecule has 0 amide bonds. The maximum Gasteiger partial charge on any atom is 0.315 e. The van der Waals surface area contributed by atoms with E-state index in [2.05, 4.69) is 15.3 Å². The van der Waals surface area contributed by atoms with E-state index >= 15 is 0 Å². The van der Waals surface area contributed by atoms with Crippen LogP contribution in [0.5, 0.6) is 11.5 Å². The molecular formula is C21H23N5O4S. The lowest BCUT2D eigenvalue weighted by Gasteiger charge is -2.13. The third kappa shape index (κ3) is 5.15. The Balaban J connectivity index is 1.95. The molecule has 31 heavy (non-hydrogen) atoms. The SMILES string of the molecule is CCCc1n[nH]c(=S)n1/N=C\c1cc(OC)c(OCc2ccccc2C)c([N+](=O)[O-])c1. The second-order valence-corrected chi connectivity index (χ2v) is 7.18. The van der Waals surface area contributed by atoms with Crippen LogP contribution in [0.25, 0.3) is 0 Å². The zero-order valence-electron chi connectivity index (χ0n) is 17.5. The van der Waals surface area contributed by atoms with Crippen LogP contribution in [0.4, 0.5) is 5.69 Å². The van der Waals surface area contributed by atoms with Gasteiger partial charge in [0.15, 0.2) is 11.6 Å². The standard InChI is InChI=1S/C21H23N5O4S/c1-4-7-19-23-24-21(31)25(19)22-12-15-10-17(26(27)28)20(18(11-15)29-3)30-13-16-9-6-5-8-14(16)2/h5-6,8-12H,4,7,13H2,1-3H3,(H,24,31)/b22-12-. The molecule has 0 saturated carbocycles. The molecule has 10 heteroatoms. The average molecular weight is 442 g/mol. The van der Waals surface area contributed by atoms with Crippen molar-refractivity contribution in [2.45, 2.75) is 33.3 Å². The molecule has 0 aliphatic rings. The Morgan fingerprint density at radius 1 is 1.35 bits per heavy atom. The molecule has 0 saturated heterocycles. The first-order valence-electron chi connectivity index (χ1n) is 9.69. The number of aromatic amines is 1. The van der Waals surface area contributed by atoms with Gasteiger partial charge in [-0.3, -0.25) is 15.2 Å². The van der Waals surface area contributed by atoms with Crippen molar-refractivity contribution in [1.82, 2.24) is 14.9 Å². The summed E-state index contributed by atoms with van der Waals surface area (Å²) in [6.45, 7) is 4.16. The highest BCUT2D eigenvalue weighted by Crippen LogP contribution is 2.38. The summed E-state index contributed by atoms with van der Waals surface area (Å²) in [4.78, 5) is 11.2. The van der Waals surface area contributed by atoms with Gasteiger partial charge < -0.3 is 9.47 Å². The van der Waals surface area contributed by atoms with E-state index in [1.165, 1.54) is 24.1 Å².